The van der Waals surface area contributed by atoms with Gasteiger partial charge in [-0.15, -0.1) is 11.3 Å². The summed E-state index contributed by atoms with van der Waals surface area (Å²) < 4.78 is 7.34. The molecule has 2 aromatic carbocycles. The van der Waals surface area contributed by atoms with E-state index in [1.54, 1.807) is 6.92 Å². The van der Waals surface area contributed by atoms with Crippen LogP contribution in [0.25, 0.3) is 22.0 Å². The summed E-state index contributed by atoms with van der Waals surface area (Å²) in [6, 6.07) is 18.1. The van der Waals surface area contributed by atoms with Crippen LogP contribution < -0.4 is 5.32 Å². The first-order chi connectivity index (χ1) is 15.1. The third-order valence-corrected chi connectivity index (χ3v) is 6.04. The van der Waals surface area contributed by atoms with Crippen molar-refractivity contribution in [3.8, 4) is 11.1 Å². The van der Waals surface area contributed by atoms with E-state index in [0.717, 1.165) is 27.6 Å². The quantitative estimate of drug-likeness (QED) is 0.371. The summed E-state index contributed by atoms with van der Waals surface area (Å²) in [5, 5.41) is 6.49. The molecule has 4 rings (SSSR count). The summed E-state index contributed by atoms with van der Waals surface area (Å²) >= 11 is 1.34. The molecular weight excluding hydrogens is 408 g/mol. The van der Waals surface area contributed by atoms with Crippen molar-refractivity contribution in [2.45, 2.75) is 26.8 Å². The smallest absolute Gasteiger partial charge is 0.341 e. The van der Waals surface area contributed by atoms with E-state index in [-0.39, 0.29) is 12.5 Å². The molecule has 0 bridgehead atoms. The van der Waals surface area contributed by atoms with E-state index in [1.165, 1.54) is 11.3 Å². The number of nitrogens with one attached hydrogen (secondary N) is 1. The highest BCUT2D eigenvalue weighted by Gasteiger charge is 2.22. The van der Waals surface area contributed by atoms with Crippen molar-refractivity contribution in [2.75, 3.05) is 11.9 Å². The highest BCUT2D eigenvalue weighted by molar-refractivity contribution is 7.15. The van der Waals surface area contributed by atoms with E-state index >= 15 is 0 Å². The van der Waals surface area contributed by atoms with Crippen LogP contribution in [-0.2, 0) is 16.1 Å². The van der Waals surface area contributed by atoms with Crippen LogP contribution in [0.5, 0.6) is 0 Å². The number of hydrogen-bond acceptors (Lipinski definition) is 4. The maximum absolute atomic E-state index is 12.7. The van der Waals surface area contributed by atoms with Gasteiger partial charge in [0.2, 0.25) is 5.91 Å². The maximum atomic E-state index is 12.7. The topological polar surface area (TPSA) is 60.3 Å². The van der Waals surface area contributed by atoms with Crippen molar-refractivity contribution < 1.29 is 14.3 Å². The van der Waals surface area contributed by atoms with Crippen LogP contribution in [0, 0.1) is 6.92 Å². The van der Waals surface area contributed by atoms with Crippen LogP contribution in [0.3, 0.4) is 0 Å². The van der Waals surface area contributed by atoms with Gasteiger partial charge in [0.1, 0.15) is 10.6 Å². The van der Waals surface area contributed by atoms with E-state index in [2.05, 4.69) is 16.0 Å². The lowest BCUT2D eigenvalue weighted by Gasteiger charge is -2.10. The number of esters is 1. The molecule has 4 aromatic rings. The van der Waals surface area contributed by atoms with Crippen molar-refractivity contribution in [2.24, 2.45) is 0 Å². The minimum atomic E-state index is -0.425. The lowest BCUT2D eigenvalue weighted by Crippen LogP contribution is -2.16. The first kappa shape index (κ1) is 20.9. The number of aryl methyl sites for hydroxylation is 2. The van der Waals surface area contributed by atoms with Gasteiger partial charge >= 0.3 is 5.97 Å². The Balaban J connectivity index is 1.53. The zero-order valence-electron chi connectivity index (χ0n) is 17.6. The number of aromatic nitrogens is 1. The predicted molar refractivity (Wildman–Crippen MR) is 126 cm³/mol. The van der Waals surface area contributed by atoms with Crippen LogP contribution in [0.15, 0.2) is 66.2 Å². The molecular formula is C25H24N2O3S. The van der Waals surface area contributed by atoms with Gasteiger partial charge in [-0.3, -0.25) is 4.79 Å². The number of benzene rings is 2. The van der Waals surface area contributed by atoms with Crippen LogP contribution in [-0.4, -0.2) is 23.1 Å². The number of carbonyl (C=O) groups is 2. The second-order valence-corrected chi connectivity index (χ2v) is 8.19. The summed E-state index contributed by atoms with van der Waals surface area (Å²) in [5.41, 5.74) is 4.35. The summed E-state index contributed by atoms with van der Waals surface area (Å²) in [6.07, 6.45) is 2.29. The minimum Gasteiger partial charge on any atom is -0.462 e. The van der Waals surface area contributed by atoms with E-state index in [4.69, 9.17) is 4.74 Å². The van der Waals surface area contributed by atoms with Crippen molar-refractivity contribution >= 4 is 39.1 Å². The van der Waals surface area contributed by atoms with Gasteiger partial charge in [-0.1, -0.05) is 48.0 Å². The number of rotatable bonds is 7. The largest absolute Gasteiger partial charge is 0.462 e. The number of ether oxygens (including phenoxy) is 1. The zero-order chi connectivity index (χ0) is 21.8. The Hall–Kier alpha value is -3.38. The highest BCUT2D eigenvalue weighted by atomic mass is 32.1. The van der Waals surface area contributed by atoms with Gasteiger partial charge in [0.05, 0.1) is 6.61 Å². The van der Waals surface area contributed by atoms with E-state index < -0.39 is 5.97 Å². The molecule has 0 unspecified atom stereocenters. The first-order valence-electron chi connectivity index (χ1n) is 10.3. The van der Waals surface area contributed by atoms with Crippen LogP contribution in [0.4, 0.5) is 5.00 Å². The van der Waals surface area contributed by atoms with Crippen molar-refractivity contribution in [1.82, 2.24) is 4.57 Å². The van der Waals surface area contributed by atoms with Gasteiger partial charge in [0.15, 0.2) is 0 Å². The number of nitrogens with zero attached hydrogens (tertiary/aromatic N) is 1. The molecule has 0 aliphatic heterocycles. The third-order valence-electron chi connectivity index (χ3n) is 5.15. The molecule has 2 aromatic heterocycles. The second-order valence-electron chi connectivity index (χ2n) is 7.31. The number of anilines is 1. The molecule has 31 heavy (non-hydrogen) atoms. The van der Waals surface area contributed by atoms with Crippen molar-refractivity contribution in [3.63, 3.8) is 0 Å². The Morgan fingerprint density at radius 2 is 1.84 bits per heavy atom. The standard InChI is InChI=1S/C25H24N2O3S/c1-3-30-25(29)23-20(18-10-8-17(2)9-11-18)16-31-24(23)26-22(28)13-15-27-14-12-19-6-4-5-7-21(19)27/h4-12,14,16H,3,13,15H2,1-2H3,(H,26,28). The molecule has 2 heterocycles. The fourth-order valence-electron chi connectivity index (χ4n) is 3.55. The Labute approximate surface area is 185 Å². The number of fused-ring (bicyclic) bond motifs is 1. The third kappa shape index (κ3) is 4.54. The highest BCUT2D eigenvalue weighted by Crippen LogP contribution is 2.36. The summed E-state index contributed by atoms with van der Waals surface area (Å²) in [4.78, 5) is 25.4. The molecule has 0 saturated heterocycles. The minimum absolute atomic E-state index is 0.138. The molecule has 0 atom stereocenters. The predicted octanol–water partition coefficient (Wildman–Crippen LogP) is 5.88. The molecule has 0 fully saturated rings. The molecule has 0 aliphatic rings. The normalized spacial score (nSPS) is 10.9. The summed E-state index contributed by atoms with van der Waals surface area (Å²) in [6.45, 7) is 4.62. The number of amides is 1. The lowest BCUT2D eigenvalue weighted by atomic mass is 10.0. The van der Waals surface area contributed by atoms with E-state index in [1.807, 2.05) is 67.0 Å². The first-order valence-corrected chi connectivity index (χ1v) is 11.1. The molecule has 158 valence electrons. The molecule has 0 saturated carbocycles. The summed E-state index contributed by atoms with van der Waals surface area (Å²) in [7, 11) is 0. The van der Waals surface area contributed by atoms with Gasteiger partial charge in [-0.25, -0.2) is 4.79 Å². The number of thiophene rings is 1. The van der Waals surface area contributed by atoms with Gasteiger partial charge in [-0.2, -0.15) is 0 Å². The average molecular weight is 433 g/mol. The van der Waals surface area contributed by atoms with Crippen LogP contribution in [0.2, 0.25) is 0 Å². The number of carbonyl (C=O) groups excluding carboxylic acids is 2. The Kier molecular flexibility index (Phi) is 6.18. The molecule has 1 N–H and O–H groups in total. The fourth-order valence-corrected chi connectivity index (χ4v) is 4.52. The Bertz CT molecular complexity index is 1220. The molecule has 0 spiro atoms. The number of para-hydroxylation sites is 1. The maximum Gasteiger partial charge on any atom is 0.341 e. The zero-order valence-corrected chi connectivity index (χ0v) is 18.4. The Morgan fingerprint density at radius 1 is 1.06 bits per heavy atom. The monoisotopic (exact) mass is 432 g/mol. The second kappa shape index (κ2) is 9.18. The molecule has 0 radical (unpaired) electrons. The van der Waals surface area contributed by atoms with E-state index in [9.17, 15) is 9.59 Å². The van der Waals surface area contributed by atoms with Gasteiger partial charge < -0.3 is 14.6 Å². The van der Waals surface area contributed by atoms with Crippen molar-refractivity contribution in [3.05, 3.63) is 77.3 Å². The lowest BCUT2D eigenvalue weighted by molar-refractivity contribution is -0.116. The van der Waals surface area contributed by atoms with Crippen LogP contribution >= 0.6 is 11.3 Å². The van der Waals surface area contributed by atoms with Crippen molar-refractivity contribution in [1.29, 1.82) is 0 Å². The molecule has 1 amide bonds. The van der Waals surface area contributed by atoms with Crippen LogP contribution in [0.1, 0.15) is 29.3 Å². The molecule has 6 heteroatoms. The fraction of sp³-hybridized carbons (Fsp3) is 0.200. The summed E-state index contributed by atoms with van der Waals surface area (Å²) in [5.74, 6) is -0.563. The van der Waals surface area contributed by atoms with Gasteiger partial charge in [0, 0.05) is 35.6 Å². The van der Waals surface area contributed by atoms with Gasteiger partial charge in [-0.05, 0) is 36.9 Å². The Morgan fingerprint density at radius 3 is 2.61 bits per heavy atom. The van der Waals surface area contributed by atoms with Gasteiger partial charge in [0.25, 0.3) is 0 Å². The SMILES string of the molecule is CCOC(=O)c1c(-c2ccc(C)cc2)csc1NC(=O)CCn1ccc2ccccc21. The van der Waals surface area contributed by atoms with E-state index in [0.29, 0.717) is 23.5 Å². The average Bonchev–Trinajstić information content (AvgIpc) is 3.37. The molecule has 0 aliphatic carbocycles. The molecule has 5 nitrogen and oxygen atoms in total. The number of hydrogen-bond donors (Lipinski definition) is 1.